The molecule has 5 heteroatoms. The number of carbonyl (C=O) groups excluding carboxylic acids is 1. The van der Waals surface area contributed by atoms with Crippen molar-refractivity contribution < 1.29 is 14.6 Å². The van der Waals surface area contributed by atoms with Crippen LogP contribution in [-0.4, -0.2) is 61.9 Å². The lowest BCUT2D eigenvalue weighted by molar-refractivity contribution is -0.162. The average molecular weight is 320 g/mol. The first-order chi connectivity index (χ1) is 10.8. The quantitative estimate of drug-likeness (QED) is 0.898. The van der Waals surface area contributed by atoms with Gasteiger partial charge in [-0.2, -0.15) is 0 Å². The predicted molar refractivity (Wildman–Crippen MR) is 91.5 cm³/mol. The molecule has 0 aromatic heterocycles. The van der Waals surface area contributed by atoms with Crippen LogP contribution < -0.4 is 4.90 Å². The number of ether oxygens (including phenoxy) is 1. The first kappa shape index (κ1) is 17.8. The molecule has 23 heavy (non-hydrogen) atoms. The summed E-state index contributed by atoms with van der Waals surface area (Å²) in [5.41, 5.74) is -0.264. The van der Waals surface area contributed by atoms with Crippen molar-refractivity contribution in [2.75, 3.05) is 45.3 Å². The van der Waals surface area contributed by atoms with Gasteiger partial charge >= 0.3 is 0 Å². The normalized spacial score (nSPS) is 23.6. The molecule has 0 bridgehead atoms. The summed E-state index contributed by atoms with van der Waals surface area (Å²) in [6.07, 6.45) is 0.536. The van der Waals surface area contributed by atoms with Crippen molar-refractivity contribution in [3.05, 3.63) is 30.3 Å². The van der Waals surface area contributed by atoms with Gasteiger partial charge in [-0.25, -0.2) is 0 Å². The van der Waals surface area contributed by atoms with Crippen LogP contribution in [0.4, 0.5) is 5.69 Å². The summed E-state index contributed by atoms with van der Waals surface area (Å²) in [6, 6.07) is 9.87. The molecule has 1 N–H and O–H groups in total. The standard InChI is InChI=1S/C18H28N2O3/c1-17(2)13-20(11-10-18(17,22)14-23-4)16(21)12-19(3)15-8-6-5-7-9-15/h5-9,22H,10-14H2,1-4H3/t18-/m1/s1. The Hall–Kier alpha value is -1.59. The SMILES string of the molecule is COC[C@]1(O)CCN(C(=O)CN(C)c2ccccc2)CC1(C)C. The minimum Gasteiger partial charge on any atom is -0.387 e. The molecule has 2 rings (SSSR count). The molecule has 1 saturated heterocycles. The van der Waals surface area contributed by atoms with Crippen molar-refractivity contribution in [1.29, 1.82) is 0 Å². The third kappa shape index (κ3) is 3.85. The van der Waals surface area contributed by atoms with Crippen molar-refractivity contribution >= 4 is 11.6 Å². The summed E-state index contributed by atoms with van der Waals surface area (Å²) in [5.74, 6) is 0.0869. The van der Waals surface area contributed by atoms with Crippen LogP contribution in [0.3, 0.4) is 0 Å². The first-order valence-corrected chi connectivity index (χ1v) is 8.04. The maximum Gasteiger partial charge on any atom is 0.242 e. The Balaban J connectivity index is 1.99. The number of likely N-dealkylation sites (tertiary alicyclic amines) is 1. The highest BCUT2D eigenvalue weighted by Crippen LogP contribution is 2.38. The van der Waals surface area contributed by atoms with E-state index in [1.54, 1.807) is 7.11 Å². The van der Waals surface area contributed by atoms with Gasteiger partial charge in [-0.05, 0) is 18.6 Å². The van der Waals surface area contributed by atoms with Gasteiger partial charge < -0.3 is 19.6 Å². The molecule has 1 fully saturated rings. The molecule has 0 radical (unpaired) electrons. The Morgan fingerprint density at radius 3 is 2.57 bits per heavy atom. The van der Waals surface area contributed by atoms with Crippen LogP contribution in [0, 0.1) is 5.41 Å². The third-order valence-corrected chi connectivity index (χ3v) is 4.95. The number of nitrogens with zero attached hydrogens (tertiary/aromatic N) is 2. The fraction of sp³-hybridized carbons (Fsp3) is 0.611. The summed E-state index contributed by atoms with van der Waals surface area (Å²) in [4.78, 5) is 16.4. The van der Waals surface area contributed by atoms with Crippen molar-refractivity contribution in [2.24, 2.45) is 5.41 Å². The largest absolute Gasteiger partial charge is 0.387 e. The van der Waals surface area contributed by atoms with E-state index < -0.39 is 11.0 Å². The lowest BCUT2D eigenvalue weighted by Crippen LogP contribution is -2.61. The van der Waals surface area contributed by atoms with Crippen LogP contribution in [0.2, 0.25) is 0 Å². The van der Waals surface area contributed by atoms with Gasteiger partial charge in [0, 0.05) is 38.3 Å². The molecule has 0 aliphatic carbocycles. The van der Waals surface area contributed by atoms with Gasteiger partial charge in [-0.1, -0.05) is 32.0 Å². The van der Waals surface area contributed by atoms with E-state index in [9.17, 15) is 9.90 Å². The first-order valence-electron chi connectivity index (χ1n) is 8.04. The number of para-hydroxylation sites is 1. The van der Waals surface area contributed by atoms with Gasteiger partial charge in [0.25, 0.3) is 0 Å². The summed E-state index contributed by atoms with van der Waals surface area (Å²) in [7, 11) is 3.52. The number of hydrogen-bond donors (Lipinski definition) is 1. The minimum absolute atomic E-state index is 0.0869. The number of piperidine rings is 1. The average Bonchev–Trinajstić information content (AvgIpc) is 2.51. The number of likely N-dealkylation sites (N-methyl/N-ethyl adjacent to an activating group) is 1. The van der Waals surface area contributed by atoms with E-state index in [-0.39, 0.29) is 5.91 Å². The number of amides is 1. The zero-order valence-electron chi connectivity index (χ0n) is 14.6. The minimum atomic E-state index is -0.885. The predicted octanol–water partition coefficient (Wildman–Crippen LogP) is 1.76. The summed E-state index contributed by atoms with van der Waals surface area (Å²) in [6.45, 7) is 5.71. The van der Waals surface area contributed by atoms with Crippen molar-refractivity contribution in [2.45, 2.75) is 25.9 Å². The fourth-order valence-corrected chi connectivity index (χ4v) is 3.16. The van der Waals surface area contributed by atoms with Crippen LogP contribution in [0.25, 0.3) is 0 Å². The summed E-state index contributed by atoms with van der Waals surface area (Å²) >= 11 is 0. The van der Waals surface area contributed by atoms with Crippen LogP contribution >= 0.6 is 0 Å². The second-order valence-corrected chi connectivity index (χ2v) is 7.11. The summed E-state index contributed by atoms with van der Waals surface area (Å²) in [5, 5.41) is 10.8. The molecule has 0 unspecified atom stereocenters. The number of hydrogen-bond acceptors (Lipinski definition) is 4. The van der Waals surface area contributed by atoms with E-state index in [0.29, 0.717) is 32.7 Å². The Morgan fingerprint density at radius 1 is 1.35 bits per heavy atom. The number of benzene rings is 1. The number of methoxy groups -OCH3 is 1. The van der Waals surface area contributed by atoms with Crippen molar-refractivity contribution in [1.82, 2.24) is 4.90 Å². The Kier molecular flexibility index (Phi) is 5.32. The number of aliphatic hydroxyl groups is 1. The molecule has 1 amide bonds. The molecule has 128 valence electrons. The maximum absolute atomic E-state index is 12.6. The van der Waals surface area contributed by atoms with E-state index in [0.717, 1.165) is 5.69 Å². The van der Waals surface area contributed by atoms with E-state index in [1.165, 1.54) is 0 Å². The molecule has 1 aliphatic rings. The van der Waals surface area contributed by atoms with Gasteiger partial charge in [0.1, 0.15) is 0 Å². The molecular formula is C18H28N2O3. The highest BCUT2D eigenvalue weighted by atomic mass is 16.5. The second-order valence-electron chi connectivity index (χ2n) is 7.11. The lowest BCUT2D eigenvalue weighted by atomic mass is 9.70. The zero-order chi connectivity index (χ0) is 17.1. The van der Waals surface area contributed by atoms with Gasteiger partial charge in [0.2, 0.25) is 5.91 Å². The third-order valence-electron chi connectivity index (χ3n) is 4.95. The fourth-order valence-electron chi connectivity index (χ4n) is 3.16. The number of rotatable bonds is 5. The molecule has 5 nitrogen and oxygen atoms in total. The zero-order valence-corrected chi connectivity index (χ0v) is 14.6. The van der Waals surface area contributed by atoms with Crippen LogP contribution in [0.15, 0.2) is 30.3 Å². The highest BCUT2D eigenvalue weighted by Gasteiger charge is 2.48. The van der Waals surface area contributed by atoms with Gasteiger partial charge in [0.05, 0.1) is 18.8 Å². The molecule has 1 aliphatic heterocycles. The molecule has 0 saturated carbocycles. The number of carbonyl (C=O) groups is 1. The van der Waals surface area contributed by atoms with Crippen LogP contribution in [0.1, 0.15) is 20.3 Å². The van der Waals surface area contributed by atoms with Crippen molar-refractivity contribution in [3.63, 3.8) is 0 Å². The monoisotopic (exact) mass is 320 g/mol. The van der Waals surface area contributed by atoms with Crippen LogP contribution in [0.5, 0.6) is 0 Å². The smallest absolute Gasteiger partial charge is 0.242 e. The highest BCUT2D eigenvalue weighted by molar-refractivity contribution is 5.81. The Labute approximate surface area is 138 Å². The summed E-state index contributed by atoms with van der Waals surface area (Å²) < 4.78 is 5.18. The van der Waals surface area contributed by atoms with Crippen molar-refractivity contribution in [3.8, 4) is 0 Å². The van der Waals surface area contributed by atoms with Gasteiger partial charge in [-0.15, -0.1) is 0 Å². The molecule has 1 heterocycles. The van der Waals surface area contributed by atoms with Crippen LogP contribution in [-0.2, 0) is 9.53 Å². The van der Waals surface area contributed by atoms with E-state index in [1.807, 2.05) is 61.0 Å². The van der Waals surface area contributed by atoms with Gasteiger partial charge in [0.15, 0.2) is 0 Å². The molecule has 1 aromatic carbocycles. The second kappa shape index (κ2) is 6.89. The maximum atomic E-state index is 12.6. The topological polar surface area (TPSA) is 53.0 Å². The van der Waals surface area contributed by atoms with Gasteiger partial charge in [-0.3, -0.25) is 4.79 Å². The van der Waals surface area contributed by atoms with E-state index in [4.69, 9.17) is 4.74 Å². The lowest BCUT2D eigenvalue weighted by Gasteiger charge is -2.50. The Bertz CT molecular complexity index is 532. The Morgan fingerprint density at radius 2 is 2.00 bits per heavy atom. The molecular weight excluding hydrogens is 292 g/mol. The molecule has 1 aromatic rings. The molecule has 1 atom stereocenters. The van der Waals surface area contributed by atoms with E-state index >= 15 is 0 Å². The van der Waals surface area contributed by atoms with E-state index in [2.05, 4.69) is 0 Å². The molecule has 0 spiro atoms. The number of anilines is 1.